The first kappa shape index (κ1) is 30.1. The molecule has 238 valence electrons. The van der Waals surface area contributed by atoms with Gasteiger partial charge in [0.05, 0.1) is 0 Å². The highest BCUT2D eigenvalue weighted by atomic mass is 14.2. The second-order valence-electron chi connectivity index (χ2n) is 14.1. The highest BCUT2D eigenvalue weighted by Crippen LogP contribution is 2.47. The van der Waals surface area contributed by atoms with Gasteiger partial charge in [0.15, 0.2) is 0 Å². The highest BCUT2D eigenvalue weighted by molar-refractivity contribution is 6.23. The van der Waals surface area contributed by atoms with Gasteiger partial charge < -0.3 is 0 Å². The van der Waals surface area contributed by atoms with E-state index in [0.717, 1.165) is 0 Å². The first-order valence-electron chi connectivity index (χ1n) is 17.6. The Bertz CT molecular complexity index is 2550. The van der Waals surface area contributed by atoms with Gasteiger partial charge in [0.1, 0.15) is 0 Å². The van der Waals surface area contributed by atoms with Crippen LogP contribution in [0, 0.1) is 27.7 Å². The van der Waals surface area contributed by atoms with Crippen molar-refractivity contribution in [2.24, 2.45) is 0 Å². The largest absolute Gasteiger partial charge is 0.0616 e. The van der Waals surface area contributed by atoms with E-state index in [2.05, 4.69) is 185 Å². The Morgan fingerprint density at radius 1 is 0.260 bits per heavy atom. The average Bonchev–Trinajstić information content (AvgIpc) is 3.12. The molecule has 0 aliphatic carbocycles. The molecule has 9 rings (SSSR count). The molecule has 9 aromatic carbocycles. The van der Waals surface area contributed by atoms with Gasteiger partial charge >= 0.3 is 0 Å². The minimum Gasteiger partial charge on any atom is -0.0616 e. The molecule has 0 heterocycles. The molecule has 0 fully saturated rings. The van der Waals surface area contributed by atoms with Crippen LogP contribution in [-0.2, 0) is 0 Å². The monoisotopic (exact) mass is 638 g/mol. The Kier molecular flexibility index (Phi) is 7.14. The van der Waals surface area contributed by atoms with Crippen LogP contribution in [0.4, 0.5) is 0 Å². The summed E-state index contributed by atoms with van der Waals surface area (Å²) in [5.41, 5.74) is 15.2. The third-order valence-corrected chi connectivity index (χ3v) is 10.3. The van der Waals surface area contributed by atoms with E-state index in [-0.39, 0.29) is 0 Å². The molecule has 50 heavy (non-hydrogen) atoms. The maximum Gasteiger partial charge on any atom is -0.00260 e. The van der Waals surface area contributed by atoms with Gasteiger partial charge in [-0.2, -0.15) is 0 Å². The van der Waals surface area contributed by atoms with Gasteiger partial charge in [-0.25, -0.2) is 0 Å². The van der Waals surface area contributed by atoms with Gasteiger partial charge in [0.25, 0.3) is 0 Å². The Labute approximate surface area is 294 Å². The lowest BCUT2D eigenvalue weighted by molar-refractivity contribution is 1.38. The van der Waals surface area contributed by atoms with Gasteiger partial charge in [-0.05, 0) is 127 Å². The fourth-order valence-corrected chi connectivity index (χ4v) is 8.38. The molecule has 0 spiro atoms. The van der Waals surface area contributed by atoms with E-state index in [1.54, 1.807) is 0 Å². The molecule has 0 bridgehead atoms. The van der Waals surface area contributed by atoms with Gasteiger partial charge in [0, 0.05) is 0 Å². The first-order valence-corrected chi connectivity index (χ1v) is 17.6. The van der Waals surface area contributed by atoms with Crippen LogP contribution in [-0.4, -0.2) is 0 Å². The van der Waals surface area contributed by atoms with Crippen molar-refractivity contribution in [3.63, 3.8) is 0 Å². The molecule has 0 unspecified atom stereocenters. The van der Waals surface area contributed by atoms with Crippen molar-refractivity contribution < 1.29 is 0 Å². The van der Waals surface area contributed by atoms with Crippen molar-refractivity contribution in [3.05, 3.63) is 180 Å². The van der Waals surface area contributed by atoms with Gasteiger partial charge in [-0.15, -0.1) is 0 Å². The zero-order valence-electron chi connectivity index (χ0n) is 29.0. The number of benzene rings is 9. The van der Waals surface area contributed by atoms with E-state index in [1.165, 1.54) is 110 Å². The molecule has 0 amide bonds. The quantitative estimate of drug-likeness (QED) is 0.168. The fraction of sp³-hybridized carbons (Fsp3) is 0.0800. The predicted molar refractivity (Wildman–Crippen MR) is 217 cm³/mol. The predicted octanol–water partition coefficient (Wildman–Crippen LogP) is 14.2. The summed E-state index contributed by atoms with van der Waals surface area (Å²) in [6, 6.07) is 59.1. The van der Waals surface area contributed by atoms with E-state index in [4.69, 9.17) is 0 Å². The molecule has 0 saturated heterocycles. The van der Waals surface area contributed by atoms with Gasteiger partial charge in [-0.1, -0.05) is 168 Å². The van der Waals surface area contributed by atoms with Crippen molar-refractivity contribution in [1.82, 2.24) is 0 Å². The molecule has 0 heteroatoms. The summed E-state index contributed by atoms with van der Waals surface area (Å²) in [4.78, 5) is 0. The maximum absolute atomic E-state index is 2.45. The number of rotatable bonds is 4. The molecule has 0 nitrogen and oxygen atoms in total. The van der Waals surface area contributed by atoms with Crippen LogP contribution in [0.1, 0.15) is 22.3 Å². The van der Waals surface area contributed by atoms with Crippen molar-refractivity contribution in [3.8, 4) is 44.5 Å². The summed E-state index contributed by atoms with van der Waals surface area (Å²) >= 11 is 0. The molecule has 0 N–H and O–H groups in total. The van der Waals surface area contributed by atoms with Crippen LogP contribution in [0.5, 0.6) is 0 Å². The lowest BCUT2D eigenvalue weighted by Gasteiger charge is -2.21. The van der Waals surface area contributed by atoms with E-state index in [0.29, 0.717) is 0 Å². The number of hydrogen-bond acceptors (Lipinski definition) is 0. The lowest BCUT2D eigenvalue weighted by atomic mass is 9.82. The van der Waals surface area contributed by atoms with Crippen molar-refractivity contribution in [2.45, 2.75) is 27.7 Å². The Morgan fingerprint density at radius 3 is 1.06 bits per heavy atom. The number of aryl methyl sites for hydroxylation is 4. The topological polar surface area (TPSA) is 0 Å². The third-order valence-electron chi connectivity index (χ3n) is 10.3. The number of fused-ring (bicyclic) bond motifs is 4. The Hall–Kier alpha value is -5.98. The average molecular weight is 639 g/mol. The summed E-state index contributed by atoms with van der Waals surface area (Å²) in [7, 11) is 0. The molecule has 0 saturated carbocycles. The zero-order chi connectivity index (χ0) is 33.9. The molecule has 0 aliphatic rings. The number of hydrogen-bond donors (Lipinski definition) is 0. The third kappa shape index (κ3) is 5.08. The van der Waals surface area contributed by atoms with Crippen LogP contribution in [0.2, 0.25) is 0 Å². The minimum absolute atomic E-state index is 1.23. The van der Waals surface area contributed by atoms with E-state index >= 15 is 0 Å². The maximum atomic E-state index is 2.45. The first-order chi connectivity index (χ1) is 24.4. The van der Waals surface area contributed by atoms with E-state index in [9.17, 15) is 0 Å². The van der Waals surface area contributed by atoms with Crippen LogP contribution < -0.4 is 0 Å². The van der Waals surface area contributed by atoms with Gasteiger partial charge in [-0.3, -0.25) is 0 Å². The lowest BCUT2D eigenvalue weighted by Crippen LogP contribution is -1.94. The minimum atomic E-state index is 1.23. The van der Waals surface area contributed by atoms with E-state index < -0.39 is 0 Å². The summed E-state index contributed by atoms with van der Waals surface area (Å²) in [5.74, 6) is 0. The zero-order valence-corrected chi connectivity index (χ0v) is 29.0. The van der Waals surface area contributed by atoms with Crippen molar-refractivity contribution in [1.29, 1.82) is 0 Å². The van der Waals surface area contributed by atoms with E-state index in [1.807, 2.05) is 0 Å². The normalized spacial score (nSPS) is 11.6. The smallest absolute Gasteiger partial charge is 0.00260 e. The Balaban J connectivity index is 1.45. The van der Waals surface area contributed by atoms with Crippen LogP contribution >= 0.6 is 0 Å². The molecule has 0 aromatic heterocycles. The SMILES string of the molecule is Cc1cc(C)cc(-c2c3ccc(-c4cccc5ccccc45)cc3c(-c3cc(C)cc(C)c3)c3ccc(-c4cccc5ccccc45)cc23)c1. The highest BCUT2D eigenvalue weighted by Gasteiger charge is 2.20. The summed E-state index contributed by atoms with van der Waals surface area (Å²) in [6.07, 6.45) is 0. The molecular weight excluding hydrogens is 601 g/mol. The van der Waals surface area contributed by atoms with Crippen molar-refractivity contribution >= 4 is 43.1 Å². The van der Waals surface area contributed by atoms with Crippen LogP contribution in [0.3, 0.4) is 0 Å². The summed E-state index contributed by atoms with van der Waals surface area (Å²) in [5, 5.41) is 10.2. The molecule has 9 aromatic rings. The standard InChI is InChI=1S/C50H38/c1-31-23-32(2)26-39(25-31)49-45-21-19-38(44-18-10-14-36-12-6-8-16-42(36)44)30-48(45)50(40-27-33(3)24-34(4)28-40)46-22-20-37(29-47(46)49)43-17-9-13-35-11-5-7-15-41(35)43/h5-30H,1-4H3. The molecule has 0 aliphatic heterocycles. The molecule has 0 radical (unpaired) electrons. The fourth-order valence-electron chi connectivity index (χ4n) is 8.38. The summed E-state index contributed by atoms with van der Waals surface area (Å²) < 4.78 is 0. The second kappa shape index (κ2) is 11.9. The molecule has 0 atom stereocenters. The summed E-state index contributed by atoms with van der Waals surface area (Å²) in [6.45, 7) is 8.85. The Morgan fingerprint density at radius 2 is 0.640 bits per heavy atom. The van der Waals surface area contributed by atoms with Crippen LogP contribution in [0.25, 0.3) is 87.6 Å². The second-order valence-corrected chi connectivity index (χ2v) is 14.1. The molecular formula is C50H38. The van der Waals surface area contributed by atoms with Crippen LogP contribution in [0.15, 0.2) is 158 Å². The van der Waals surface area contributed by atoms with Gasteiger partial charge in [0.2, 0.25) is 0 Å². The van der Waals surface area contributed by atoms with Crippen molar-refractivity contribution in [2.75, 3.05) is 0 Å².